The molecule has 2 aromatic rings. The molecular weight excluding hydrogens is 262 g/mol. The van der Waals surface area contributed by atoms with Gasteiger partial charge in [0.05, 0.1) is 4.88 Å². The Hall–Kier alpha value is -1.69. The van der Waals surface area contributed by atoms with Crippen molar-refractivity contribution in [1.82, 2.24) is 15.5 Å². The SMILES string of the molecule is Cc1noc(CCNC(=O)c2cc3c(s2)CCC3)n1. The van der Waals surface area contributed by atoms with Crippen molar-refractivity contribution in [2.45, 2.75) is 32.6 Å². The van der Waals surface area contributed by atoms with E-state index in [2.05, 4.69) is 15.5 Å². The highest BCUT2D eigenvalue weighted by atomic mass is 32.1. The normalized spacial score (nSPS) is 13.5. The van der Waals surface area contributed by atoms with Crippen molar-refractivity contribution in [3.8, 4) is 0 Å². The molecule has 0 fully saturated rings. The van der Waals surface area contributed by atoms with Crippen LogP contribution in [0.1, 0.15) is 38.2 Å². The van der Waals surface area contributed by atoms with E-state index in [1.165, 1.54) is 16.9 Å². The second-order valence-electron chi connectivity index (χ2n) is 4.65. The first kappa shape index (κ1) is 12.3. The van der Waals surface area contributed by atoms with E-state index in [4.69, 9.17) is 4.52 Å². The van der Waals surface area contributed by atoms with Crippen molar-refractivity contribution in [1.29, 1.82) is 0 Å². The Balaban J connectivity index is 1.53. The van der Waals surface area contributed by atoms with Crippen molar-refractivity contribution in [3.05, 3.63) is 33.1 Å². The van der Waals surface area contributed by atoms with E-state index in [0.29, 0.717) is 24.7 Å². The number of nitrogens with one attached hydrogen (secondary N) is 1. The Morgan fingerprint density at radius 3 is 3.16 bits per heavy atom. The summed E-state index contributed by atoms with van der Waals surface area (Å²) in [5, 5.41) is 6.60. The zero-order valence-electron chi connectivity index (χ0n) is 10.7. The number of nitrogens with zero attached hydrogens (tertiary/aromatic N) is 2. The van der Waals surface area contributed by atoms with E-state index in [9.17, 15) is 4.79 Å². The minimum atomic E-state index is -0.00404. The predicted octanol–water partition coefficient (Wildman–Crippen LogP) is 1.90. The molecule has 1 aliphatic rings. The molecule has 3 rings (SSSR count). The molecule has 0 bridgehead atoms. The van der Waals surface area contributed by atoms with Gasteiger partial charge in [-0.05, 0) is 37.8 Å². The summed E-state index contributed by atoms with van der Waals surface area (Å²) < 4.78 is 4.99. The van der Waals surface area contributed by atoms with Crippen LogP contribution in [0.15, 0.2) is 10.6 Å². The first-order valence-corrected chi connectivity index (χ1v) is 7.23. The maximum Gasteiger partial charge on any atom is 0.261 e. The largest absolute Gasteiger partial charge is 0.351 e. The molecule has 2 aromatic heterocycles. The topological polar surface area (TPSA) is 68.0 Å². The molecule has 2 heterocycles. The summed E-state index contributed by atoms with van der Waals surface area (Å²) in [5.74, 6) is 1.18. The van der Waals surface area contributed by atoms with Crippen molar-refractivity contribution < 1.29 is 9.32 Å². The molecule has 1 aliphatic carbocycles. The second-order valence-corrected chi connectivity index (χ2v) is 5.79. The summed E-state index contributed by atoms with van der Waals surface area (Å²) in [6.07, 6.45) is 4.02. The molecule has 5 nitrogen and oxygen atoms in total. The third kappa shape index (κ3) is 2.68. The summed E-state index contributed by atoms with van der Waals surface area (Å²) in [6.45, 7) is 2.29. The third-order valence-electron chi connectivity index (χ3n) is 3.16. The zero-order valence-corrected chi connectivity index (χ0v) is 11.5. The van der Waals surface area contributed by atoms with Crippen LogP contribution in [-0.4, -0.2) is 22.6 Å². The minimum absolute atomic E-state index is 0.00404. The molecule has 0 saturated heterocycles. The highest BCUT2D eigenvalue weighted by Crippen LogP contribution is 2.30. The molecule has 0 aliphatic heterocycles. The predicted molar refractivity (Wildman–Crippen MR) is 71.4 cm³/mol. The van der Waals surface area contributed by atoms with Gasteiger partial charge in [0, 0.05) is 17.8 Å². The molecule has 19 heavy (non-hydrogen) atoms. The molecule has 100 valence electrons. The average molecular weight is 277 g/mol. The van der Waals surface area contributed by atoms with Gasteiger partial charge < -0.3 is 9.84 Å². The van der Waals surface area contributed by atoms with Gasteiger partial charge in [0.2, 0.25) is 5.89 Å². The lowest BCUT2D eigenvalue weighted by Crippen LogP contribution is -2.25. The molecule has 1 amide bonds. The first-order valence-electron chi connectivity index (χ1n) is 6.41. The van der Waals surface area contributed by atoms with E-state index >= 15 is 0 Å². The number of hydrogen-bond donors (Lipinski definition) is 1. The first-order chi connectivity index (χ1) is 9.22. The fourth-order valence-electron chi connectivity index (χ4n) is 2.25. The van der Waals surface area contributed by atoms with Gasteiger partial charge in [0.1, 0.15) is 0 Å². The highest BCUT2D eigenvalue weighted by molar-refractivity contribution is 7.14. The molecule has 0 spiro atoms. The Bertz CT molecular complexity index is 581. The number of fused-ring (bicyclic) bond motifs is 1. The zero-order chi connectivity index (χ0) is 13.2. The van der Waals surface area contributed by atoms with Crippen LogP contribution < -0.4 is 5.32 Å². The molecule has 0 unspecified atom stereocenters. The van der Waals surface area contributed by atoms with Gasteiger partial charge in [-0.3, -0.25) is 4.79 Å². The van der Waals surface area contributed by atoms with Gasteiger partial charge in [-0.25, -0.2) is 0 Å². The van der Waals surface area contributed by atoms with Crippen LogP contribution in [-0.2, 0) is 19.3 Å². The molecule has 6 heteroatoms. The van der Waals surface area contributed by atoms with Crippen LogP contribution in [0.25, 0.3) is 0 Å². The molecule has 0 radical (unpaired) electrons. The maximum absolute atomic E-state index is 12.0. The van der Waals surface area contributed by atoms with Gasteiger partial charge >= 0.3 is 0 Å². The average Bonchev–Trinajstić information content (AvgIpc) is 3.03. The van der Waals surface area contributed by atoms with Crippen LogP contribution in [0.5, 0.6) is 0 Å². The lowest BCUT2D eigenvalue weighted by molar-refractivity contribution is 0.0957. The Kier molecular flexibility index (Phi) is 3.33. The number of rotatable bonds is 4. The van der Waals surface area contributed by atoms with Crippen molar-refractivity contribution in [2.24, 2.45) is 0 Å². The monoisotopic (exact) mass is 277 g/mol. The van der Waals surface area contributed by atoms with Gasteiger partial charge in [-0.1, -0.05) is 5.16 Å². The third-order valence-corrected chi connectivity index (χ3v) is 4.40. The summed E-state index contributed by atoms with van der Waals surface area (Å²) in [4.78, 5) is 18.3. The van der Waals surface area contributed by atoms with E-state index in [-0.39, 0.29) is 5.91 Å². The van der Waals surface area contributed by atoms with E-state index < -0.39 is 0 Å². The number of carbonyl (C=O) groups is 1. The maximum atomic E-state index is 12.0. The Morgan fingerprint density at radius 2 is 2.42 bits per heavy atom. The number of hydrogen-bond acceptors (Lipinski definition) is 5. The van der Waals surface area contributed by atoms with Gasteiger partial charge in [0.15, 0.2) is 5.82 Å². The fourth-order valence-corrected chi connectivity index (χ4v) is 3.42. The smallest absolute Gasteiger partial charge is 0.261 e. The Labute approximate surface area is 115 Å². The lowest BCUT2D eigenvalue weighted by Gasteiger charge is -2.00. The van der Waals surface area contributed by atoms with E-state index in [0.717, 1.165) is 17.7 Å². The quantitative estimate of drug-likeness (QED) is 0.926. The summed E-state index contributed by atoms with van der Waals surface area (Å²) in [6, 6.07) is 2.03. The van der Waals surface area contributed by atoms with Crippen LogP contribution in [0.4, 0.5) is 0 Å². The number of aryl methyl sites for hydroxylation is 3. The number of carbonyl (C=O) groups excluding carboxylic acids is 1. The molecule has 0 saturated carbocycles. The highest BCUT2D eigenvalue weighted by Gasteiger charge is 2.18. The van der Waals surface area contributed by atoms with Gasteiger partial charge in [-0.15, -0.1) is 11.3 Å². The molecular formula is C13H15N3O2S. The van der Waals surface area contributed by atoms with Crippen molar-refractivity contribution in [2.75, 3.05) is 6.54 Å². The number of aromatic nitrogens is 2. The van der Waals surface area contributed by atoms with Gasteiger partial charge in [-0.2, -0.15) is 4.98 Å². The lowest BCUT2D eigenvalue weighted by atomic mass is 10.2. The van der Waals surface area contributed by atoms with Crippen molar-refractivity contribution >= 4 is 17.2 Å². The van der Waals surface area contributed by atoms with Crippen LogP contribution in [0, 0.1) is 6.92 Å². The van der Waals surface area contributed by atoms with Crippen molar-refractivity contribution in [3.63, 3.8) is 0 Å². The summed E-state index contributed by atoms with van der Waals surface area (Å²) in [7, 11) is 0. The van der Waals surface area contributed by atoms with Crippen LogP contribution >= 0.6 is 11.3 Å². The standard InChI is InChI=1S/C13H15N3O2S/c1-8-15-12(18-16-8)5-6-14-13(17)11-7-9-3-2-4-10(9)19-11/h7H,2-6H2,1H3,(H,14,17). The summed E-state index contributed by atoms with van der Waals surface area (Å²) in [5.41, 5.74) is 1.35. The van der Waals surface area contributed by atoms with Crippen LogP contribution in [0.2, 0.25) is 0 Å². The molecule has 0 atom stereocenters. The van der Waals surface area contributed by atoms with Gasteiger partial charge in [0.25, 0.3) is 5.91 Å². The summed E-state index contributed by atoms with van der Waals surface area (Å²) >= 11 is 1.62. The molecule has 1 N–H and O–H groups in total. The van der Waals surface area contributed by atoms with E-state index in [1.54, 1.807) is 18.3 Å². The minimum Gasteiger partial charge on any atom is -0.351 e. The van der Waals surface area contributed by atoms with E-state index in [1.807, 2.05) is 6.07 Å². The van der Waals surface area contributed by atoms with Crippen LogP contribution in [0.3, 0.4) is 0 Å². The number of amides is 1. The number of thiophene rings is 1. The molecule has 0 aromatic carbocycles. The second kappa shape index (κ2) is 5.13. The Morgan fingerprint density at radius 1 is 1.53 bits per heavy atom. The fraction of sp³-hybridized carbons (Fsp3) is 0.462.